The molecule has 0 aromatic heterocycles. The van der Waals surface area contributed by atoms with Crippen LogP contribution in [0.4, 0.5) is 9.18 Å². The van der Waals surface area contributed by atoms with Crippen molar-refractivity contribution in [1.29, 1.82) is 0 Å². The van der Waals surface area contributed by atoms with Crippen LogP contribution in [0, 0.1) is 5.82 Å². The number of nitrogens with zero attached hydrogens (tertiary/aromatic N) is 1. The molecule has 1 saturated heterocycles. The van der Waals surface area contributed by atoms with E-state index in [1.54, 1.807) is 25.1 Å². The van der Waals surface area contributed by atoms with Crippen LogP contribution in [0.2, 0.25) is 0 Å². The van der Waals surface area contributed by atoms with Crippen LogP contribution in [0.25, 0.3) is 0 Å². The molecule has 1 fully saturated rings. The first-order chi connectivity index (χ1) is 11.6. The van der Waals surface area contributed by atoms with Crippen LogP contribution in [0.3, 0.4) is 0 Å². The third-order valence-corrected chi connectivity index (χ3v) is 4.25. The largest absolute Gasteiger partial charge is 0.447 e. The summed E-state index contributed by atoms with van der Waals surface area (Å²) in [6, 6.07) is 15.3. The molecule has 5 heteroatoms. The number of carbonyl (C=O) groups excluding carboxylic acids is 2. The molecule has 2 aromatic rings. The molecular formula is C19H18FNO3. The molecule has 0 radical (unpaired) electrons. The van der Waals surface area contributed by atoms with Crippen LogP contribution < -0.4 is 0 Å². The molecular weight excluding hydrogens is 309 g/mol. The highest BCUT2D eigenvalue weighted by Crippen LogP contribution is 2.26. The number of hydrogen-bond donors (Lipinski definition) is 0. The highest BCUT2D eigenvalue weighted by atomic mass is 19.1. The van der Waals surface area contributed by atoms with Crippen molar-refractivity contribution in [2.45, 2.75) is 25.3 Å². The number of ether oxygens (including phenoxy) is 1. The van der Waals surface area contributed by atoms with Crippen LogP contribution in [0.1, 0.15) is 24.0 Å². The molecule has 2 amide bonds. The average molecular weight is 327 g/mol. The molecule has 3 rings (SSSR count). The van der Waals surface area contributed by atoms with Gasteiger partial charge in [0.2, 0.25) is 5.91 Å². The number of amides is 2. The smallest absolute Gasteiger partial charge is 0.417 e. The SMILES string of the molecule is C[C@@H](C(=O)N1C(=O)OC[C@@H]1Cc1ccccc1)c1ccccc1F. The first-order valence-corrected chi connectivity index (χ1v) is 7.86. The predicted octanol–water partition coefficient (Wildman–Crippen LogP) is 3.52. The normalized spacial score (nSPS) is 18.3. The van der Waals surface area contributed by atoms with Gasteiger partial charge in [-0.2, -0.15) is 0 Å². The van der Waals surface area contributed by atoms with Crippen molar-refractivity contribution in [1.82, 2.24) is 4.90 Å². The molecule has 1 aliphatic heterocycles. The minimum absolute atomic E-state index is 0.156. The maximum Gasteiger partial charge on any atom is 0.417 e. The van der Waals surface area contributed by atoms with Gasteiger partial charge in [0.25, 0.3) is 0 Å². The standard InChI is InChI=1S/C19H18FNO3/c1-13(16-9-5-6-10-17(16)20)18(22)21-15(12-24-19(21)23)11-14-7-3-2-4-8-14/h2-10,13,15H,11-12H2,1H3/t13-,15+/m1/s1. The summed E-state index contributed by atoms with van der Waals surface area (Å²) in [6.07, 6.45) is -0.147. The monoisotopic (exact) mass is 327 g/mol. The van der Waals surface area contributed by atoms with E-state index in [0.717, 1.165) is 10.5 Å². The minimum Gasteiger partial charge on any atom is -0.447 e. The van der Waals surface area contributed by atoms with Gasteiger partial charge < -0.3 is 4.74 Å². The van der Waals surface area contributed by atoms with E-state index in [-0.39, 0.29) is 18.2 Å². The van der Waals surface area contributed by atoms with Gasteiger partial charge in [-0.05, 0) is 30.5 Å². The van der Waals surface area contributed by atoms with E-state index in [9.17, 15) is 14.0 Å². The lowest BCUT2D eigenvalue weighted by Gasteiger charge is -2.23. The molecule has 0 bridgehead atoms. The summed E-state index contributed by atoms with van der Waals surface area (Å²) in [6.45, 7) is 1.76. The van der Waals surface area contributed by atoms with E-state index in [4.69, 9.17) is 4.74 Å². The van der Waals surface area contributed by atoms with Gasteiger partial charge in [0, 0.05) is 0 Å². The molecule has 0 N–H and O–H groups in total. The molecule has 124 valence electrons. The molecule has 0 saturated carbocycles. The molecule has 0 spiro atoms. The van der Waals surface area contributed by atoms with Gasteiger partial charge in [-0.1, -0.05) is 48.5 Å². The number of cyclic esters (lactones) is 1. The Bertz CT molecular complexity index is 747. The molecule has 2 aromatic carbocycles. The molecule has 1 heterocycles. The Labute approximate surface area is 139 Å². The molecule has 24 heavy (non-hydrogen) atoms. The Morgan fingerprint density at radius 2 is 1.88 bits per heavy atom. The Kier molecular flexibility index (Phi) is 4.60. The Balaban J connectivity index is 1.81. The van der Waals surface area contributed by atoms with E-state index in [1.165, 1.54) is 6.07 Å². The van der Waals surface area contributed by atoms with Gasteiger partial charge in [-0.25, -0.2) is 14.1 Å². The van der Waals surface area contributed by atoms with Crippen molar-refractivity contribution in [2.75, 3.05) is 6.61 Å². The maximum absolute atomic E-state index is 13.9. The van der Waals surface area contributed by atoms with E-state index in [2.05, 4.69) is 0 Å². The summed E-state index contributed by atoms with van der Waals surface area (Å²) in [4.78, 5) is 25.9. The first kappa shape index (κ1) is 16.2. The summed E-state index contributed by atoms with van der Waals surface area (Å²) >= 11 is 0. The zero-order valence-electron chi connectivity index (χ0n) is 13.3. The zero-order valence-corrected chi connectivity index (χ0v) is 13.3. The van der Waals surface area contributed by atoms with Gasteiger partial charge in [-0.15, -0.1) is 0 Å². The van der Waals surface area contributed by atoms with Crippen molar-refractivity contribution in [3.05, 3.63) is 71.5 Å². The number of benzene rings is 2. The maximum atomic E-state index is 13.9. The van der Waals surface area contributed by atoms with Crippen LogP contribution in [-0.4, -0.2) is 29.5 Å². The Hall–Kier alpha value is -2.69. The number of hydrogen-bond acceptors (Lipinski definition) is 3. The topological polar surface area (TPSA) is 46.6 Å². The second kappa shape index (κ2) is 6.83. The van der Waals surface area contributed by atoms with E-state index in [1.807, 2.05) is 30.3 Å². The molecule has 4 nitrogen and oxygen atoms in total. The lowest BCUT2D eigenvalue weighted by molar-refractivity contribution is -0.130. The second-order valence-corrected chi connectivity index (χ2v) is 5.87. The minimum atomic E-state index is -0.755. The lowest BCUT2D eigenvalue weighted by atomic mass is 9.97. The summed E-state index contributed by atoms with van der Waals surface area (Å²) in [7, 11) is 0. The second-order valence-electron chi connectivity index (χ2n) is 5.87. The zero-order chi connectivity index (χ0) is 17.1. The van der Waals surface area contributed by atoms with Gasteiger partial charge in [0.15, 0.2) is 0 Å². The fraction of sp³-hybridized carbons (Fsp3) is 0.263. The van der Waals surface area contributed by atoms with Gasteiger partial charge >= 0.3 is 6.09 Å². The number of halogens is 1. The summed E-state index contributed by atoms with van der Waals surface area (Å²) < 4.78 is 19.0. The third-order valence-electron chi connectivity index (χ3n) is 4.25. The van der Waals surface area contributed by atoms with Crippen LogP contribution in [0.5, 0.6) is 0 Å². The highest BCUT2D eigenvalue weighted by Gasteiger charge is 2.40. The lowest BCUT2D eigenvalue weighted by Crippen LogP contribution is -2.42. The van der Waals surface area contributed by atoms with Crippen molar-refractivity contribution in [3.63, 3.8) is 0 Å². The van der Waals surface area contributed by atoms with Gasteiger partial charge in [0.1, 0.15) is 12.4 Å². The highest BCUT2D eigenvalue weighted by molar-refractivity contribution is 5.97. The number of imide groups is 1. The fourth-order valence-corrected chi connectivity index (χ4v) is 2.93. The van der Waals surface area contributed by atoms with E-state index in [0.29, 0.717) is 6.42 Å². The van der Waals surface area contributed by atoms with Gasteiger partial charge in [0.05, 0.1) is 12.0 Å². The third kappa shape index (κ3) is 3.15. The number of rotatable bonds is 4. The van der Waals surface area contributed by atoms with E-state index < -0.39 is 23.7 Å². The summed E-state index contributed by atoms with van der Waals surface area (Å²) in [5.41, 5.74) is 1.29. The van der Waals surface area contributed by atoms with Crippen LogP contribution >= 0.6 is 0 Å². The van der Waals surface area contributed by atoms with Crippen LogP contribution in [-0.2, 0) is 16.0 Å². The van der Waals surface area contributed by atoms with Crippen molar-refractivity contribution >= 4 is 12.0 Å². The Morgan fingerprint density at radius 3 is 2.58 bits per heavy atom. The quantitative estimate of drug-likeness (QED) is 0.863. The Morgan fingerprint density at radius 1 is 1.21 bits per heavy atom. The van der Waals surface area contributed by atoms with Crippen molar-refractivity contribution in [2.24, 2.45) is 0 Å². The van der Waals surface area contributed by atoms with Crippen molar-refractivity contribution in [3.8, 4) is 0 Å². The van der Waals surface area contributed by atoms with E-state index >= 15 is 0 Å². The van der Waals surface area contributed by atoms with Crippen LogP contribution in [0.15, 0.2) is 54.6 Å². The predicted molar refractivity (Wildman–Crippen MR) is 86.9 cm³/mol. The average Bonchev–Trinajstić information content (AvgIpc) is 2.95. The molecule has 1 aliphatic rings. The number of carbonyl (C=O) groups is 2. The molecule has 0 unspecified atom stereocenters. The molecule has 2 atom stereocenters. The summed E-state index contributed by atoms with van der Waals surface area (Å²) in [5.74, 6) is -1.65. The summed E-state index contributed by atoms with van der Waals surface area (Å²) in [5, 5.41) is 0. The molecule has 0 aliphatic carbocycles. The van der Waals surface area contributed by atoms with Gasteiger partial charge in [-0.3, -0.25) is 4.79 Å². The fourth-order valence-electron chi connectivity index (χ4n) is 2.93. The van der Waals surface area contributed by atoms with Crippen molar-refractivity contribution < 1.29 is 18.7 Å². The first-order valence-electron chi connectivity index (χ1n) is 7.86.